The average Bonchev–Trinajstić information content (AvgIpc) is 2.65. The molecule has 0 bridgehead atoms. The van der Waals surface area contributed by atoms with E-state index in [4.69, 9.17) is 0 Å². The third kappa shape index (κ3) is 4.92. The summed E-state index contributed by atoms with van der Waals surface area (Å²) in [6.07, 6.45) is 0. The Balaban J connectivity index is 1.68. The van der Waals surface area contributed by atoms with E-state index >= 15 is 0 Å². The van der Waals surface area contributed by atoms with Crippen molar-refractivity contribution in [2.75, 3.05) is 38.5 Å². The minimum absolute atomic E-state index is 0.0687. The molecule has 156 valence electrons. The molecule has 1 fully saturated rings. The van der Waals surface area contributed by atoms with E-state index in [1.165, 1.54) is 28.6 Å². The number of likely N-dealkylation sites (N-methyl/N-ethyl adjacent to an activating group) is 1. The molecular weight excluding hydrogens is 392 g/mol. The van der Waals surface area contributed by atoms with Crippen LogP contribution in [-0.4, -0.2) is 61.3 Å². The minimum Gasteiger partial charge on any atom is -0.340 e. The van der Waals surface area contributed by atoms with Crippen molar-refractivity contribution in [1.29, 1.82) is 0 Å². The van der Waals surface area contributed by atoms with Gasteiger partial charge in [0.15, 0.2) is 5.43 Å². The van der Waals surface area contributed by atoms with E-state index in [9.17, 15) is 18.0 Å². The van der Waals surface area contributed by atoms with Crippen molar-refractivity contribution in [3.63, 3.8) is 0 Å². The van der Waals surface area contributed by atoms with Gasteiger partial charge in [0.25, 0.3) is 0 Å². The fraction of sp³-hybridized carbons (Fsp3) is 0.400. The second-order valence-electron chi connectivity index (χ2n) is 7.34. The highest BCUT2D eigenvalue weighted by molar-refractivity contribution is 7.89. The number of benzene rings is 1. The number of hydrogen-bond acceptors (Lipinski definition) is 5. The van der Waals surface area contributed by atoms with Crippen molar-refractivity contribution >= 4 is 21.6 Å². The lowest BCUT2D eigenvalue weighted by molar-refractivity contribution is -0.116. The highest BCUT2D eigenvalue weighted by atomic mass is 32.2. The average molecular weight is 419 g/mol. The molecule has 1 aromatic carbocycles. The van der Waals surface area contributed by atoms with E-state index in [0.717, 1.165) is 0 Å². The summed E-state index contributed by atoms with van der Waals surface area (Å²) >= 11 is 0. The maximum atomic E-state index is 12.8. The number of rotatable bonds is 5. The molecule has 0 unspecified atom stereocenters. The van der Waals surface area contributed by atoms with Crippen molar-refractivity contribution in [3.8, 4) is 0 Å². The first-order valence-corrected chi connectivity index (χ1v) is 10.9. The van der Waals surface area contributed by atoms with Gasteiger partial charge in [-0.25, -0.2) is 8.42 Å². The number of aromatic nitrogens is 1. The molecule has 1 aromatic heterocycles. The second kappa shape index (κ2) is 8.48. The Morgan fingerprint density at radius 2 is 1.55 bits per heavy atom. The van der Waals surface area contributed by atoms with Gasteiger partial charge < -0.3 is 14.8 Å². The minimum atomic E-state index is -3.53. The van der Waals surface area contributed by atoms with Crippen molar-refractivity contribution in [2.24, 2.45) is 0 Å². The highest BCUT2D eigenvalue weighted by Crippen LogP contribution is 2.19. The number of sulfonamides is 1. The summed E-state index contributed by atoms with van der Waals surface area (Å²) in [7, 11) is -1.56. The summed E-state index contributed by atoms with van der Waals surface area (Å²) in [4.78, 5) is 26.2. The molecule has 0 atom stereocenters. The maximum Gasteiger partial charge on any atom is 0.244 e. The number of aryl methyl sites for hydroxylation is 2. The molecule has 9 heteroatoms. The lowest BCUT2D eigenvalue weighted by Crippen LogP contribution is -2.46. The molecule has 2 aromatic rings. The largest absolute Gasteiger partial charge is 0.340 e. The Hall–Kier alpha value is -2.49. The highest BCUT2D eigenvalue weighted by Gasteiger charge is 2.27. The van der Waals surface area contributed by atoms with Crippen LogP contribution in [0, 0.1) is 13.8 Å². The smallest absolute Gasteiger partial charge is 0.244 e. The molecule has 0 saturated carbocycles. The summed E-state index contributed by atoms with van der Waals surface area (Å²) < 4.78 is 28.8. The number of carbonyl (C=O) groups is 1. The number of pyridine rings is 1. The molecule has 1 N–H and O–H groups in total. The molecule has 3 rings (SSSR count). The van der Waals surface area contributed by atoms with Gasteiger partial charge in [0.05, 0.1) is 4.90 Å². The molecule has 0 spiro atoms. The van der Waals surface area contributed by atoms with Gasteiger partial charge >= 0.3 is 0 Å². The van der Waals surface area contributed by atoms with E-state index in [2.05, 4.69) is 10.2 Å². The predicted molar refractivity (Wildman–Crippen MR) is 112 cm³/mol. The number of hydrogen-bond donors (Lipinski definition) is 1. The number of piperazine rings is 1. The van der Waals surface area contributed by atoms with Gasteiger partial charge in [-0.3, -0.25) is 9.59 Å². The van der Waals surface area contributed by atoms with Gasteiger partial charge in [-0.15, -0.1) is 0 Å². The monoisotopic (exact) mass is 418 g/mol. The molecular formula is C20H26N4O4S. The topological polar surface area (TPSA) is 91.7 Å². The van der Waals surface area contributed by atoms with Crippen LogP contribution in [-0.2, 0) is 21.4 Å². The summed E-state index contributed by atoms with van der Waals surface area (Å²) in [5.41, 5.74) is 1.84. The first kappa shape index (κ1) is 21.2. The standard InChI is InChI=1S/C20H26N4O4S/c1-15-12-18(25)13-16(2)24(15)14-20(26)21-17-4-6-19(7-5-17)29(27,28)23-10-8-22(3)9-11-23/h4-7,12-13H,8-11,14H2,1-3H3,(H,21,26). The van der Waals surface area contributed by atoms with Gasteiger partial charge in [0.2, 0.25) is 15.9 Å². The Morgan fingerprint density at radius 3 is 2.10 bits per heavy atom. The van der Waals surface area contributed by atoms with Gasteiger partial charge in [0, 0.05) is 55.4 Å². The van der Waals surface area contributed by atoms with Gasteiger partial charge in [0.1, 0.15) is 6.54 Å². The molecule has 29 heavy (non-hydrogen) atoms. The van der Waals surface area contributed by atoms with Crippen LogP contribution in [0.25, 0.3) is 0 Å². The van der Waals surface area contributed by atoms with E-state index in [1.807, 2.05) is 7.05 Å². The number of carbonyl (C=O) groups excluding carboxylic acids is 1. The summed E-state index contributed by atoms with van der Waals surface area (Å²) in [6.45, 7) is 5.97. The predicted octanol–water partition coefficient (Wildman–Crippen LogP) is 1.04. The first-order chi connectivity index (χ1) is 13.7. The zero-order valence-electron chi connectivity index (χ0n) is 16.9. The van der Waals surface area contributed by atoms with Crippen LogP contribution in [0.5, 0.6) is 0 Å². The third-order valence-corrected chi connectivity index (χ3v) is 7.01. The molecule has 8 nitrogen and oxygen atoms in total. The van der Waals surface area contributed by atoms with E-state index in [1.54, 1.807) is 30.5 Å². The van der Waals surface area contributed by atoms with E-state index < -0.39 is 10.0 Å². The first-order valence-electron chi connectivity index (χ1n) is 9.43. The third-order valence-electron chi connectivity index (χ3n) is 5.09. The SMILES string of the molecule is Cc1cc(=O)cc(C)n1CC(=O)Nc1ccc(S(=O)(=O)N2CCN(C)CC2)cc1. The molecule has 1 amide bonds. The van der Waals surface area contributed by atoms with Gasteiger partial charge in [-0.1, -0.05) is 0 Å². The Morgan fingerprint density at radius 1 is 1.00 bits per heavy atom. The summed E-state index contributed by atoms with van der Waals surface area (Å²) in [5.74, 6) is -0.255. The van der Waals surface area contributed by atoms with Gasteiger partial charge in [-0.05, 0) is 45.2 Å². The molecule has 1 aliphatic rings. The Kier molecular flexibility index (Phi) is 6.21. The molecule has 0 aliphatic carbocycles. The zero-order chi connectivity index (χ0) is 21.2. The quantitative estimate of drug-likeness (QED) is 0.783. The summed E-state index contributed by atoms with van der Waals surface area (Å²) in [5, 5.41) is 2.77. The number of anilines is 1. The van der Waals surface area contributed by atoms with Crippen LogP contribution in [0.3, 0.4) is 0 Å². The second-order valence-corrected chi connectivity index (χ2v) is 9.28. The molecule has 1 saturated heterocycles. The van der Waals surface area contributed by atoms with Crippen molar-refractivity contribution in [1.82, 2.24) is 13.8 Å². The Bertz CT molecular complexity index is 1030. The lowest BCUT2D eigenvalue weighted by Gasteiger charge is -2.31. The number of nitrogens with one attached hydrogen (secondary N) is 1. The number of amides is 1. The number of nitrogens with zero attached hydrogens (tertiary/aromatic N) is 3. The van der Waals surface area contributed by atoms with Crippen molar-refractivity contribution in [2.45, 2.75) is 25.3 Å². The van der Waals surface area contributed by atoms with Crippen LogP contribution < -0.4 is 10.7 Å². The van der Waals surface area contributed by atoms with Crippen molar-refractivity contribution < 1.29 is 13.2 Å². The molecule has 0 radical (unpaired) electrons. The molecule has 1 aliphatic heterocycles. The normalized spacial score (nSPS) is 16.0. The van der Waals surface area contributed by atoms with Crippen LogP contribution in [0.2, 0.25) is 0 Å². The van der Waals surface area contributed by atoms with Crippen LogP contribution in [0.1, 0.15) is 11.4 Å². The zero-order valence-corrected chi connectivity index (χ0v) is 17.7. The molecule has 2 heterocycles. The van der Waals surface area contributed by atoms with E-state index in [0.29, 0.717) is 43.3 Å². The van der Waals surface area contributed by atoms with E-state index in [-0.39, 0.29) is 22.8 Å². The van der Waals surface area contributed by atoms with Crippen LogP contribution >= 0.6 is 0 Å². The van der Waals surface area contributed by atoms with Crippen LogP contribution in [0.15, 0.2) is 46.1 Å². The fourth-order valence-electron chi connectivity index (χ4n) is 3.37. The summed E-state index contributed by atoms with van der Waals surface area (Å²) in [6, 6.07) is 9.17. The lowest BCUT2D eigenvalue weighted by atomic mass is 10.2. The van der Waals surface area contributed by atoms with Crippen molar-refractivity contribution in [3.05, 3.63) is 58.0 Å². The maximum absolute atomic E-state index is 12.8. The van der Waals surface area contributed by atoms with Crippen LogP contribution in [0.4, 0.5) is 5.69 Å². The fourth-order valence-corrected chi connectivity index (χ4v) is 4.79. The van der Waals surface area contributed by atoms with Gasteiger partial charge in [-0.2, -0.15) is 4.31 Å². The Labute approximate surface area is 170 Å².